The van der Waals surface area contributed by atoms with Crippen molar-refractivity contribution in [2.45, 2.75) is 32.1 Å². The first kappa shape index (κ1) is 18.8. The second-order valence-electron chi connectivity index (χ2n) is 6.80. The second kappa shape index (κ2) is 9.12. The van der Waals surface area contributed by atoms with E-state index in [-0.39, 0.29) is 24.1 Å². The predicted octanol–water partition coefficient (Wildman–Crippen LogP) is 3.65. The van der Waals surface area contributed by atoms with Gasteiger partial charge in [0, 0.05) is 29.8 Å². The molecule has 5 heteroatoms. The summed E-state index contributed by atoms with van der Waals surface area (Å²) in [6, 6.07) is 15.9. The second-order valence-corrected chi connectivity index (χ2v) is 6.80. The van der Waals surface area contributed by atoms with Crippen LogP contribution in [0.25, 0.3) is 0 Å². The standard InChI is InChI=1S/C22H24N2O3/c25-20(16-24-14-7-2-1-6-13-21(24)26)23-19-12-8-11-18(15-19)22(27)17-9-4-3-5-10-17/h3-5,8-12,15H,1-2,6-7,13-14,16H2,(H,23,25). The van der Waals surface area contributed by atoms with E-state index in [0.717, 1.165) is 25.7 Å². The van der Waals surface area contributed by atoms with E-state index in [4.69, 9.17) is 0 Å². The smallest absolute Gasteiger partial charge is 0.243 e. The SMILES string of the molecule is O=C(CN1CCCCCCC1=O)Nc1cccc(C(=O)c2ccccc2)c1. The van der Waals surface area contributed by atoms with Crippen molar-refractivity contribution in [2.75, 3.05) is 18.4 Å². The molecule has 2 aromatic carbocycles. The molecule has 0 spiro atoms. The monoisotopic (exact) mass is 364 g/mol. The van der Waals surface area contributed by atoms with Crippen LogP contribution in [-0.2, 0) is 9.59 Å². The minimum Gasteiger partial charge on any atom is -0.333 e. The van der Waals surface area contributed by atoms with Crippen molar-refractivity contribution in [1.29, 1.82) is 0 Å². The van der Waals surface area contributed by atoms with Crippen molar-refractivity contribution in [3.05, 3.63) is 65.7 Å². The first-order chi connectivity index (χ1) is 13.1. The first-order valence-corrected chi connectivity index (χ1v) is 9.41. The van der Waals surface area contributed by atoms with E-state index in [2.05, 4.69) is 5.32 Å². The van der Waals surface area contributed by atoms with Crippen LogP contribution in [0.15, 0.2) is 54.6 Å². The average molecular weight is 364 g/mol. The van der Waals surface area contributed by atoms with Crippen molar-refractivity contribution in [3.8, 4) is 0 Å². The van der Waals surface area contributed by atoms with Gasteiger partial charge >= 0.3 is 0 Å². The zero-order valence-corrected chi connectivity index (χ0v) is 15.3. The van der Waals surface area contributed by atoms with Crippen LogP contribution in [0.2, 0.25) is 0 Å². The van der Waals surface area contributed by atoms with Crippen molar-refractivity contribution < 1.29 is 14.4 Å². The van der Waals surface area contributed by atoms with E-state index in [0.29, 0.717) is 29.8 Å². The maximum atomic E-state index is 12.5. The highest BCUT2D eigenvalue weighted by Gasteiger charge is 2.18. The van der Waals surface area contributed by atoms with Crippen LogP contribution in [0, 0.1) is 0 Å². The molecule has 1 heterocycles. The Kier molecular flexibility index (Phi) is 6.36. The molecule has 140 valence electrons. The van der Waals surface area contributed by atoms with Crippen molar-refractivity contribution in [3.63, 3.8) is 0 Å². The fraction of sp³-hybridized carbons (Fsp3) is 0.318. The van der Waals surface area contributed by atoms with E-state index in [1.54, 1.807) is 41.3 Å². The minimum atomic E-state index is -0.242. The average Bonchev–Trinajstić information content (AvgIpc) is 2.68. The molecule has 1 aliphatic heterocycles. The van der Waals surface area contributed by atoms with Crippen LogP contribution < -0.4 is 5.32 Å². The molecule has 2 aromatic rings. The summed E-state index contributed by atoms with van der Waals surface area (Å²) in [5.74, 6) is -0.295. The van der Waals surface area contributed by atoms with E-state index in [1.807, 2.05) is 18.2 Å². The quantitative estimate of drug-likeness (QED) is 0.824. The molecule has 3 rings (SSSR count). The number of carbonyl (C=O) groups excluding carboxylic acids is 3. The maximum Gasteiger partial charge on any atom is 0.243 e. The number of ketones is 1. The van der Waals surface area contributed by atoms with Crippen LogP contribution in [0.5, 0.6) is 0 Å². The third-order valence-corrected chi connectivity index (χ3v) is 4.70. The number of hydrogen-bond acceptors (Lipinski definition) is 3. The summed E-state index contributed by atoms with van der Waals surface area (Å²) >= 11 is 0. The van der Waals surface area contributed by atoms with Gasteiger partial charge in [-0.3, -0.25) is 14.4 Å². The lowest BCUT2D eigenvalue weighted by molar-refractivity contribution is -0.135. The number of likely N-dealkylation sites (tertiary alicyclic amines) is 1. The van der Waals surface area contributed by atoms with Gasteiger partial charge in [-0.05, 0) is 25.0 Å². The third kappa shape index (κ3) is 5.26. The number of hydrogen-bond donors (Lipinski definition) is 1. The lowest BCUT2D eigenvalue weighted by Gasteiger charge is -2.24. The predicted molar refractivity (Wildman–Crippen MR) is 105 cm³/mol. The van der Waals surface area contributed by atoms with Gasteiger partial charge in [0.25, 0.3) is 0 Å². The third-order valence-electron chi connectivity index (χ3n) is 4.70. The molecule has 0 unspecified atom stereocenters. The van der Waals surface area contributed by atoms with Crippen LogP contribution in [0.3, 0.4) is 0 Å². The zero-order valence-electron chi connectivity index (χ0n) is 15.3. The maximum absolute atomic E-state index is 12.5. The van der Waals surface area contributed by atoms with Gasteiger partial charge in [0.05, 0.1) is 6.54 Å². The molecule has 27 heavy (non-hydrogen) atoms. The van der Waals surface area contributed by atoms with E-state index >= 15 is 0 Å². The highest BCUT2D eigenvalue weighted by Crippen LogP contribution is 2.16. The Morgan fingerprint density at radius 2 is 1.63 bits per heavy atom. The summed E-state index contributed by atoms with van der Waals surface area (Å²) in [6.45, 7) is 0.675. The van der Waals surface area contributed by atoms with Gasteiger partial charge in [0.2, 0.25) is 11.8 Å². The molecule has 0 radical (unpaired) electrons. The molecular weight excluding hydrogens is 340 g/mol. The Morgan fingerprint density at radius 1 is 0.889 bits per heavy atom. The number of carbonyl (C=O) groups is 3. The summed E-state index contributed by atoms with van der Waals surface area (Å²) in [5, 5.41) is 2.81. The Balaban J connectivity index is 1.64. The summed E-state index contributed by atoms with van der Waals surface area (Å²) in [7, 11) is 0. The number of anilines is 1. The van der Waals surface area contributed by atoms with Gasteiger partial charge in [-0.2, -0.15) is 0 Å². The Morgan fingerprint density at radius 3 is 2.44 bits per heavy atom. The summed E-state index contributed by atoms with van der Waals surface area (Å²) in [6.07, 6.45) is 4.50. The summed E-state index contributed by atoms with van der Waals surface area (Å²) in [5.41, 5.74) is 1.68. The highest BCUT2D eigenvalue weighted by molar-refractivity contribution is 6.09. The molecule has 0 bridgehead atoms. The van der Waals surface area contributed by atoms with Gasteiger partial charge in [-0.25, -0.2) is 0 Å². The van der Waals surface area contributed by atoms with Crippen molar-refractivity contribution in [1.82, 2.24) is 4.90 Å². The zero-order chi connectivity index (χ0) is 19.1. The van der Waals surface area contributed by atoms with E-state index in [1.165, 1.54) is 0 Å². The molecule has 0 aliphatic carbocycles. The molecular formula is C22H24N2O3. The van der Waals surface area contributed by atoms with E-state index in [9.17, 15) is 14.4 Å². The normalized spacial score (nSPS) is 15.0. The molecule has 1 aliphatic rings. The largest absolute Gasteiger partial charge is 0.333 e. The molecule has 2 amide bonds. The van der Waals surface area contributed by atoms with Crippen LogP contribution in [-0.4, -0.2) is 35.6 Å². The Bertz CT molecular complexity index is 817. The molecule has 1 fully saturated rings. The number of rotatable bonds is 5. The van der Waals surface area contributed by atoms with Crippen molar-refractivity contribution in [2.24, 2.45) is 0 Å². The summed E-state index contributed by atoms with van der Waals surface area (Å²) < 4.78 is 0. The minimum absolute atomic E-state index is 0.0397. The summed E-state index contributed by atoms with van der Waals surface area (Å²) in [4.78, 5) is 38.7. The number of nitrogens with one attached hydrogen (secondary N) is 1. The van der Waals surface area contributed by atoms with Gasteiger partial charge < -0.3 is 10.2 Å². The van der Waals surface area contributed by atoms with Crippen molar-refractivity contribution >= 4 is 23.3 Å². The Labute approximate surface area is 159 Å². The fourth-order valence-corrected chi connectivity index (χ4v) is 3.25. The van der Waals surface area contributed by atoms with Crippen LogP contribution in [0.1, 0.15) is 48.0 Å². The molecule has 1 saturated heterocycles. The van der Waals surface area contributed by atoms with Gasteiger partial charge in [0.15, 0.2) is 5.78 Å². The topological polar surface area (TPSA) is 66.5 Å². The molecule has 0 atom stereocenters. The number of amides is 2. The fourth-order valence-electron chi connectivity index (χ4n) is 3.25. The molecule has 1 N–H and O–H groups in total. The first-order valence-electron chi connectivity index (χ1n) is 9.41. The van der Waals surface area contributed by atoms with Crippen LogP contribution in [0.4, 0.5) is 5.69 Å². The number of nitrogens with zero attached hydrogens (tertiary/aromatic N) is 1. The lowest BCUT2D eigenvalue weighted by atomic mass is 10.0. The van der Waals surface area contributed by atoms with Gasteiger partial charge in [0.1, 0.15) is 0 Å². The lowest BCUT2D eigenvalue weighted by Crippen LogP contribution is -2.39. The number of benzene rings is 2. The Hall–Kier alpha value is -2.95. The highest BCUT2D eigenvalue weighted by atomic mass is 16.2. The molecule has 0 saturated carbocycles. The van der Waals surface area contributed by atoms with Gasteiger partial charge in [-0.1, -0.05) is 55.3 Å². The van der Waals surface area contributed by atoms with Crippen LogP contribution >= 0.6 is 0 Å². The van der Waals surface area contributed by atoms with Gasteiger partial charge in [-0.15, -0.1) is 0 Å². The molecule has 0 aromatic heterocycles. The van der Waals surface area contributed by atoms with E-state index < -0.39 is 0 Å². The molecule has 5 nitrogen and oxygen atoms in total.